The van der Waals surface area contributed by atoms with E-state index in [2.05, 4.69) is 98.2 Å². The van der Waals surface area contributed by atoms with Crippen molar-refractivity contribution in [3.8, 4) is 11.1 Å². The van der Waals surface area contributed by atoms with Crippen LogP contribution in [0.25, 0.3) is 22.2 Å². The lowest BCUT2D eigenvalue weighted by atomic mass is 10.0. The Labute approximate surface area is 192 Å². The molecule has 2 aromatic heterocycles. The standard InChI is InChI=1S/C27H24N6/c1-3-8-19(9-4-1)18-33-15-14-23-24-25(32-31-23)29-27(30-26(24)33)28-17-20-10-7-13-22(16-20)21-11-5-2-6-12-21/h1-13,16H,14-15,17-18H2,(H2,28,29,30,31,32). The van der Waals surface area contributed by atoms with Crippen LogP contribution in [0.5, 0.6) is 0 Å². The quantitative estimate of drug-likeness (QED) is 0.386. The summed E-state index contributed by atoms with van der Waals surface area (Å²) in [6.07, 6.45) is 0.915. The Morgan fingerprint density at radius 3 is 2.42 bits per heavy atom. The first-order chi connectivity index (χ1) is 16.3. The normalized spacial score (nSPS) is 12.8. The highest BCUT2D eigenvalue weighted by atomic mass is 15.3. The summed E-state index contributed by atoms with van der Waals surface area (Å²) in [5, 5.41) is 12.1. The highest BCUT2D eigenvalue weighted by molar-refractivity contribution is 5.91. The SMILES string of the molecule is c1ccc(CN2CCc3[nH]nc4nc(NCc5cccc(-c6ccccc6)c5)nc2c34)cc1. The molecule has 0 radical (unpaired) electrons. The molecule has 33 heavy (non-hydrogen) atoms. The van der Waals surface area contributed by atoms with Gasteiger partial charge in [0.05, 0.1) is 11.1 Å². The fourth-order valence-corrected chi connectivity index (χ4v) is 4.44. The van der Waals surface area contributed by atoms with Crippen LogP contribution in [-0.4, -0.2) is 26.7 Å². The minimum absolute atomic E-state index is 0.598. The molecule has 0 fully saturated rings. The minimum atomic E-state index is 0.598. The third-order valence-electron chi connectivity index (χ3n) is 6.10. The Balaban J connectivity index is 1.27. The average Bonchev–Trinajstić information content (AvgIpc) is 3.30. The molecule has 1 aliphatic heterocycles. The number of aromatic amines is 1. The lowest BCUT2D eigenvalue weighted by Gasteiger charge is -2.28. The third-order valence-corrected chi connectivity index (χ3v) is 6.10. The van der Waals surface area contributed by atoms with Crippen molar-refractivity contribution in [1.29, 1.82) is 0 Å². The zero-order chi connectivity index (χ0) is 22.0. The summed E-state index contributed by atoms with van der Waals surface area (Å²) in [5.74, 6) is 1.54. The van der Waals surface area contributed by atoms with Crippen LogP contribution >= 0.6 is 0 Å². The molecular weight excluding hydrogens is 408 g/mol. The van der Waals surface area contributed by atoms with Gasteiger partial charge in [-0.2, -0.15) is 15.1 Å². The molecular formula is C27H24N6. The Morgan fingerprint density at radius 1 is 0.818 bits per heavy atom. The summed E-state index contributed by atoms with van der Waals surface area (Å²) in [6.45, 7) is 2.35. The molecule has 0 bridgehead atoms. The van der Waals surface area contributed by atoms with Gasteiger partial charge in [0.1, 0.15) is 5.82 Å². The van der Waals surface area contributed by atoms with Gasteiger partial charge in [-0.15, -0.1) is 0 Å². The van der Waals surface area contributed by atoms with Crippen LogP contribution in [0.3, 0.4) is 0 Å². The van der Waals surface area contributed by atoms with Gasteiger partial charge < -0.3 is 10.2 Å². The average molecular weight is 433 g/mol. The van der Waals surface area contributed by atoms with Crippen LogP contribution in [-0.2, 0) is 19.5 Å². The van der Waals surface area contributed by atoms with E-state index in [0.29, 0.717) is 18.1 Å². The van der Waals surface area contributed by atoms with E-state index < -0.39 is 0 Å². The monoisotopic (exact) mass is 432 g/mol. The Kier molecular flexibility index (Phi) is 4.96. The van der Waals surface area contributed by atoms with Crippen LogP contribution < -0.4 is 10.2 Å². The van der Waals surface area contributed by atoms with Gasteiger partial charge >= 0.3 is 0 Å². The summed E-state index contributed by atoms with van der Waals surface area (Å²) in [6, 6.07) is 29.5. The summed E-state index contributed by atoms with van der Waals surface area (Å²) >= 11 is 0. The first-order valence-electron chi connectivity index (χ1n) is 11.3. The molecule has 6 heteroatoms. The maximum absolute atomic E-state index is 4.92. The Morgan fingerprint density at radius 2 is 1.58 bits per heavy atom. The highest BCUT2D eigenvalue weighted by Gasteiger charge is 2.24. The van der Waals surface area contributed by atoms with Crippen LogP contribution in [0.1, 0.15) is 16.8 Å². The lowest BCUT2D eigenvalue weighted by Crippen LogP contribution is -2.29. The predicted octanol–water partition coefficient (Wildman–Crippen LogP) is 5.19. The number of rotatable bonds is 6. The predicted molar refractivity (Wildman–Crippen MR) is 132 cm³/mol. The van der Waals surface area contributed by atoms with Gasteiger partial charge in [-0.1, -0.05) is 78.9 Å². The number of hydrogen-bond acceptors (Lipinski definition) is 5. The van der Waals surface area contributed by atoms with Crippen molar-refractivity contribution in [2.75, 3.05) is 16.8 Å². The van der Waals surface area contributed by atoms with Crippen LogP contribution in [0, 0.1) is 0 Å². The molecule has 6 nitrogen and oxygen atoms in total. The second kappa shape index (κ2) is 8.39. The third kappa shape index (κ3) is 3.91. The largest absolute Gasteiger partial charge is 0.351 e. The van der Waals surface area contributed by atoms with E-state index in [9.17, 15) is 0 Å². The van der Waals surface area contributed by atoms with Crippen molar-refractivity contribution in [3.05, 3.63) is 102 Å². The van der Waals surface area contributed by atoms with Crippen molar-refractivity contribution in [3.63, 3.8) is 0 Å². The van der Waals surface area contributed by atoms with Gasteiger partial charge in [-0.3, -0.25) is 5.10 Å². The number of nitrogens with zero attached hydrogens (tertiary/aromatic N) is 4. The number of hydrogen-bond donors (Lipinski definition) is 2. The second-order valence-electron chi connectivity index (χ2n) is 8.35. The molecule has 2 N–H and O–H groups in total. The van der Waals surface area contributed by atoms with Crippen molar-refractivity contribution in [1.82, 2.24) is 20.2 Å². The first kappa shape index (κ1) is 19.5. The van der Waals surface area contributed by atoms with Crippen molar-refractivity contribution in [2.45, 2.75) is 19.5 Å². The summed E-state index contributed by atoms with van der Waals surface area (Å²) in [5.41, 5.74) is 6.69. The highest BCUT2D eigenvalue weighted by Crippen LogP contribution is 2.32. The molecule has 3 aromatic carbocycles. The topological polar surface area (TPSA) is 69.7 Å². The molecule has 6 rings (SSSR count). The number of aromatic nitrogens is 4. The summed E-state index contributed by atoms with van der Waals surface area (Å²) < 4.78 is 0. The molecule has 0 aliphatic carbocycles. The molecule has 0 atom stereocenters. The smallest absolute Gasteiger partial charge is 0.227 e. The van der Waals surface area contributed by atoms with Gasteiger partial charge in [-0.25, -0.2) is 0 Å². The van der Waals surface area contributed by atoms with Gasteiger partial charge in [0.2, 0.25) is 5.95 Å². The zero-order valence-electron chi connectivity index (χ0n) is 18.2. The number of nitrogens with one attached hydrogen (secondary N) is 2. The van der Waals surface area contributed by atoms with Gasteiger partial charge in [-0.05, 0) is 28.3 Å². The minimum Gasteiger partial charge on any atom is -0.351 e. The van der Waals surface area contributed by atoms with E-state index in [1.807, 2.05) is 12.1 Å². The molecule has 5 aromatic rings. The fraction of sp³-hybridized carbons (Fsp3) is 0.148. The maximum atomic E-state index is 4.92. The second-order valence-corrected chi connectivity index (χ2v) is 8.35. The van der Waals surface area contributed by atoms with Gasteiger partial charge in [0, 0.05) is 26.1 Å². The van der Waals surface area contributed by atoms with Crippen molar-refractivity contribution >= 4 is 22.8 Å². The molecule has 1 aliphatic rings. The maximum Gasteiger partial charge on any atom is 0.227 e. The van der Waals surface area contributed by atoms with Crippen molar-refractivity contribution in [2.24, 2.45) is 0 Å². The summed E-state index contributed by atoms with van der Waals surface area (Å²) in [4.78, 5) is 11.9. The molecule has 0 unspecified atom stereocenters. The van der Waals surface area contributed by atoms with E-state index in [4.69, 9.17) is 4.98 Å². The molecule has 3 heterocycles. The molecule has 0 saturated heterocycles. The fourth-order valence-electron chi connectivity index (χ4n) is 4.44. The lowest BCUT2D eigenvalue weighted by molar-refractivity contribution is 0.747. The Bertz CT molecular complexity index is 1390. The first-order valence-corrected chi connectivity index (χ1v) is 11.3. The van der Waals surface area contributed by atoms with Gasteiger partial charge in [0.25, 0.3) is 0 Å². The van der Waals surface area contributed by atoms with E-state index in [1.165, 1.54) is 22.3 Å². The number of benzene rings is 3. The van der Waals surface area contributed by atoms with E-state index in [1.54, 1.807) is 0 Å². The van der Waals surface area contributed by atoms with E-state index >= 15 is 0 Å². The van der Waals surface area contributed by atoms with Crippen LogP contribution in [0.15, 0.2) is 84.9 Å². The van der Waals surface area contributed by atoms with Crippen LogP contribution in [0.2, 0.25) is 0 Å². The number of anilines is 2. The number of H-pyrrole nitrogens is 1. The molecule has 162 valence electrons. The molecule has 0 amide bonds. The van der Waals surface area contributed by atoms with Gasteiger partial charge in [0.15, 0.2) is 5.65 Å². The summed E-state index contributed by atoms with van der Waals surface area (Å²) in [7, 11) is 0. The van der Waals surface area contributed by atoms with E-state index in [0.717, 1.165) is 36.4 Å². The molecule has 0 saturated carbocycles. The molecule has 0 spiro atoms. The Hall–Kier alpha value is -4.19. The van der Waals surface area contributed by atoms with Crippen molar-refractivity contribution < 1.29 is 0 Å². The van der Waals surface area contributed by atoms with E-state index in [-0.39, 0.29) is 0 Å². The zero-order valence-corrected chi connectivity index (χ0v) is 18.2. The van der Waals surface area contributed by atoms with Crippen LogP contribution in [0.4, 0.5) is 11.8 Å².